The second-order valence-corrected chi connectivity index (χ2v) is 4.27. The molecular formula is C13H20O. The molecule has 1 aliphatic carbocycles. The summed E-state index contributed by atoms with van der Waals surface area (Å²) in [6, 6.07) is 0. The van der Waals surface area contributed by atoms with Crippen LogP contribution in [0.5, 0.6) is 0 Å². The lowest BCUT2D eigenvalue weighted by Crippen LogP contribution is -2.09. The van der Waals surface area contributed by atoms with Crippen molar-refractivity contribution in [1.29, 1.82) is 0 Å². The fraction of sp³-hybridized carbons (Fsp3) is 0.538. The number of hydrogen-bond acceptors (Lipinski definition) is 1. The monoisotopic (exact) mass is 192 g/mol. The minimum Gasteiger partial charge on any atom is -0.491 e. The Morgan fingerprint density at radius 3 is 2.64 bits per heavy atom. The first-order valence-electron chi connectivity index (χ1n) is 5.21. The van der Waals surface area contributed by atoms with Crippen molar-refractivity contribution in [2.75, 3.05) is 0 Å². The van der Waals surface area contributed by atoms with Crippen molar-refractivity contribution in [2.24, 2.45) is 5.92 Å². The van der Waals surface area contributed by atoms with Crippen molar-refractivity contribution in [3.05, 3.63) is 35.6 Å². The van der Waals surface area contributed by atoms with Crippen LogP contribution in [-0.2, 0) is 4.74 Å². The third-order valence-corrected chi connectivity index (χ3v) is 2.39. The first-order chi connectivity index (χ1) is 6.50. The number of hydrogen-bond donors (Lipinski definition) is 0. The Kier molecular flexibility index (Phi) is 3.56. The lowest BCUT2D eigenvalue weighted by molar-refractivity contribution is 0.152. The van der Waals surface area contributed by atoms with Crippen molar-refractivity contribution in [2.45, 2.75) is 40.2 Å². The highest BCUT2D eigenvalue weighted by Gasteiger charge is 2.14. The Morgan fingerprint density at radius 1 is 1.57 bits per heavy atom. The predicted molar refractivity (Wildman–Crippen MR) is 61.0 cm³/mol. The van der Waals surface area contributed by atoms with Gasteiger partial charge in [-0.25, -0.2) is 0 Å². The molecule has 1 unspecified atom stereocenters. The smallest absolute Gasteiger partial charge is 0.118 e. The number of allylic oxidation sites excluding steroid dienone is 4. The molecule has 0 amide bonds. The minimum atomic E-state index is 0.256. The molecule has 0 saturated heterocycles. The maximum Gasteiger partial charge on any atom is 0.118 e. The lowest BCUT2D eigenvalue weighted by Gasteiger charge is -2.22. The van der Waals surface area contributed by atoms with E-state index >= 15 is 0 Å². The van der Waals surface area contributed by atoms with Gasteiger partial charge in [-0.2, -0.15) is 0 Å². The summed E-state index contributed by atoms with van der Waals surface area (Å²) in [5, 5.41) is 0. The van der Waals surface area contributed by atoms with E-state index < -0.39 is 0 Å². The largest absolute Gasteiger partial charge is 0.491 e. The molecule has 0 aliphatic heterocycles. The van der Waals surface area contributed by atoms with Crippen LogP contribution in [0.4, 0.5) is 0 Å². The van der Waals surface area contributed by atoms with E-state index in [2.05, 4.69) is 46.4 Å². The van der Waals surface area contributed by atoms with Gasteiger partial charge in [-0.1, -0.05) is 18.2 Å². The number of rotatable bonds is 3. The summed E-state index contributed by atoms with van der Waals surface area (Å²) in [6.07, 6.45) is 5.70. The molecule has 0 bridgehead atoms. The molecule has 0 spiro atoms. The van der Waals surface area contributed by atoms with Gasteiger partial charge in [-0.15, -0.1) is 0 Å². The van der Waals surface area contributed by atoms with Gasteiger partial charge in [-0.3, -0.25) is 0 Å². The first-order valence-corrected chi connectivity index (χ1v) is 5.21. The Bertz CT molecular complexity index is 282. The Morgan fingerprint density at radius 2 is 2.21 bits per heavy atom. The molecule has 1 rings (SSSR count). The van der Waals surface area contributed by atoms with Gasteiger partial charge < -0.3 is 4.74 Å². The molecule has 0 heterocycles. The van der Waals surface area contributed by atoms with Gasteiger partial charge >= 0.3 is 0 Å². The summed E-state index contributed by atoms with van der Waals surface area (Å²) in [5.41, 5.74) is 2.46. The maximum atomic E-state index is 5.69. The molecule has 0 fully saturated rings. The Hall–Kier alpha value is -0.980. The van der Waals surface area contributed by atoms with Crippen LogP contribution in [0.3, 0.4) is 0 Å². The van der Waals surface area contributed by atoms with Crippen LogP contribution in [0.2, 0.25) is 0 Å². The normalized spacial score (nSPS) is 21.6. The molecule has 0 radical (unpaired) electrons. The molecule has 1 atom stereocenters. The van der Waals surface area contributed by atoms with Crippen molar-refractivity contribution >= 4 is 0 Å². The molecule has 1 aliphatic rings. The van der Waals surface area contributed by atoms with E-state index in [0.717, 1.165) is 12.2 Å². The number of ether oxygens (including phenoxy) is 1. The SMILES string of the molecule is C=C(C)C1C=C(C)C(OC(C)C)=CC1. The van der Waals surface area contributed by atoms with E-state index in [4.69, 9.17) is 4.74 Å². The molecule has 0 aromatic rings. The summed E-state index contributed by atoms with van der Waals surface area (Å²) >= 11 is 0. The van der Waals surface area contributed by atoms with Gasteiger partial charge in [-0.05, 0) is 45.8 Å². The van der Waals surface area contributed by atoms with Crippen LogP contribution in [-0.4, -0.2) is 6.10 Å². The van der Waals surface area contributed by atoms with Gasteiger partial charge in [0.15, 0.2) is 0 Å². The molecule has 78 valence electrons. The van der Waals surface area contributed by atoms with E-state index in [1.165, 1.54) is 11.1 Å². The molecular weight excluding hydrogens is 172 g/mol. The van der Waals surface area contributed by atoms with Crippen LogP contribution in [0.25, 0.3) is 0 Å². The van der Waals surface area contributed by atoms with Gasteiger partial charge in [0.1, 0.15) is 5.76 Å². The zero-order chi connectivity index (χ0) is 10.7. The summed E-state index contributed by atoms with van der Waals surface area (Å²) in [5.74, 6) is 1.53. The van der Waals surface area contributed by atoms with Gasteiger partial charge in [0.25, 0.3) is 0 Å². The van der Waals surface area contributed by atoms with E-state index in [9.17, 15) is 0 Å². The van der Waals surface area contributed by atoms with E-state index in [1.54, 1.807) is 0 Å². The molecule has 0 aromatic heterocycles. The highest BCUT2D eigenvalue weighted by molar-refractivity contribution is 5.31. The van der Waals surface area contributed by atoms with Crippen LogP contribution in [0, 0.1) is 5.92 Å². The summed E-state index contributed by atoms with van der Waals surface area (Å²) in [4.78, 5) is 0. The average molecular weight is 192 g/mol. The van der Waals surface area contributed by atoms with Crippen LogP contribution < -0.4 is 0 Å². The first kappa shape index (κ1) is 11.1. The summed E-state index contributed by atoms with van der Waals surface area (Å²) in [6.45, 7) is 12.3. The highest BCUT2D eigenvalue weighted by Crippen LogP contribution is 2.27. The third-order valence-electron chi connectivity index (χ3n) is 2.39. The van der Waals surface area contributed by atoms with Crippen molar-refractivity contribution in [3.8, 4) is 0 Å². The average Bonchev–Trinajstić information content (AvgIpc) is 2.07. The molecule has 0 saturated carbocycles. The van der Waals surface area contributed by atoms with Crippen molar-refractivity contribution < 1.29 is 4.74 Å². The molecule has 0 aromatic carbocycles. The predicted octanol–water partition coefficient (Wildman–Crippen LogP) is 3.84. The standard InChI is InChI=1S/C13H20O/c1-9(2)12-6-7-13(11(5)8-12)14-10(3)4/h7-8,10,12H,1,6H2,2-5H3. The van der Waals surface area contributed by atoms with Crippen molar-refractivity contribution in [3.63, 3.8) is 0 Å². The lowest BCUT2D eigenvalue weighted by atomic mass is 9.91. The third kappa shape index (κ3) is 2.76. The van der Waals surface area contributed by atoms with Crippen molar-refractivity contribution in [1.82, 2.24) is 0 Å². The second-order valence-electron chi connectivity index (χ2n) is 4.27. The Labute approximate surface area is 87.2 Å². The van der Waals surface area contributed by atoms with Crippen LogP contribution in [0.1, 0.15) is 34.1 Å². The fourth-order valence-electron chi connectivity index (χ4n) is 1.59. The van der Waals surface area contributed by atoms with E-state index in [-0.39, 0.29) is 6.10 Å². The molecule has 1 heteroatoms. The van der Waals surface area contributed by atoms with Gasteiger partial charge in [0.05, 0.1) is 6.10 Å². The van der Waals surface area contributed by atoms with Gasteiger partial charge in [0, 0.05) is 5.92 Å². The van der Waals surface area contributed by atoms with Crippen LogP contribution >= 0.6 is 0 Å². The minimum absolute atomic E-state index is 0.256. The maximum absolute atomic E-state index is 5.69. The zero-order valence-electron chi connectivity index (χ0n) is 9.63. The quantitative estimate of drug-likeness (QED) is 0.617. The molecule has 1 nitrogen and oxygen atoms in total. The summed E-state index contributed by atoms with van der Waals surface area (Å²) in [7, 11) is 0. The molecule has 14 heavy (non-hydrogen) atoms. The topological polar surface area (TPSA) is 9.23 Å². The van der Waals surface area contributed by atoms with E-state index in [0.29, 0.717) is 5.92 Å². The zero-order valence-corrected chi connectivity index (χ0v) is 9.63. The van der Waals surface area contributed by atoms with Gasteiger partial charge in [0.2, 0.25) is 0 Å². The summed E-state index contributed by atoms with van der Waals surface area (Å²) < 4.78 is 5.69. The van der Waals surface area contributed by atoms with E-state index in [1.807, 2.05) is 0 Å². The fourth-order valence-corrected chi connectivity index (χ4v) is 1.59. The molecule has 0 N–H and O–H groups in total. The highest BCUT2D eigenvalue weighted by atomic mass is 16.5. The van der Waals surface area contributed by atoms with Crippen LogP contribution in [0.15, 0.2) is 35.6 Å². The Balaban J connectivity index is 2.69. The second kappa shape index (κ2) is 4.50.